The van der Waals surface area contributed by atoms with Gasteiger partial charge in [-0.25, -0.2) is 0 Å². The molecule has 0 aliphatic heterocycles. The van der Waals surface area contributed by atoms with E-state index in [1.54, 1.807) is 24.3 Å². The number of carbonyl (C=O) groups is 2. The Kier molecular flexibility index (Phi) is 7.03. The van der Waals surface area contributed by atoms with Crippen LogP contribution in [0.25, 0.3) is 0 Å². The number of rotatable bonds is 7. The van der Waals surface area contributed by atoms with Gasteiger partial charge in [0, 0.05) is 19.2 Å². The second-order valence-corrected chi connectivity index (χ2v) is 6.08. The molecule has 0 saturated carbocycles. The number of hydrogen-bond donors (Lipinski definition) is 1. The van der Waals surface area contributed by atoms with Crippen LogP contribution in [0.4, 0.5) is 13.2 Å². The molecule has 0 aliphatic rings. The van der Waals surface area contributed by atoms with E-state index in [1.807, 2.05) is 6.92 Å². The highest BCUT2D eigenvalue weighted by molar-refractivity contribution is 5.96. The first-order valence-electron chi connectivity index (χ1n) is 8.62. The molecule has 2 amide bonds. The van der Waals surface area contributed by atoms with Crippen LogP contribution >= 0.6 is 0 Å². The molecule has 0 heterocycles. The molecule has 2 aromatic carbocycles. The van der Waals surface area contributed by atoms with Gasteiger partial charge in [-0.05, 0) is 48.9 Å². The molecule has 2 rings (SSSR count). The van der Waals surface area contributed by atoms with Crippen molar-refractivity contribution in [2.75, 3.05) is 20.2 Å². The summed E-state index contributed by atoms with van der Waals surface area (Å²) in [5.41, 5.74) is 0.205. The van der Waals surface area contributed by atoms with E-state index in [1.165, 1.54) is 24.1 Å². The topological polar surface area (TPSA) is 58.6 Å². The number of carbonyl (C=O) groups excluding carboxylic acids is 2. The fourth-order valence-corrected chi connectivity index (χ4v) is 2.42. The van der Waals surface area contributed by atoms with Crippen LogP contribution < -0.4 is 10.1 Å². The van der Waals surface area contributed by atoms with Crippen molar-refractivity contribution in [3.8, 4) is 5.75 Å². The minimum absolute atomic E-state index is 0.135. The molecular formula is C20H21F3N2O3. The Morgan fingerprint density at radius 3 is 2.18 bits per heavy atom. The van der Waals surface area contributed by atoms with E-state index < -0.39 is 17.6 Å². The van der Waals surface area contributed by atoms with Crippen LogP contribution in [0.1, 0.15) is 28.4 Å². The minimum atomic E-state index is -4.40. The number of benzene rings is 2. The fourth-order valence-electron chi connectivity index (χ4n) is 2.42. The maximum Gasteiger partial charge on any atom is 0.416 e. The molecule has 0 spiro atoms. The standard InChI is InChI=1S/C20H21F3N2O3/c1-3-28-17-10-6-15(7-11-17)19(27)24-12-18(26)25(2)13-14-4-8-16(9-5-14)20(21,22)23/h4-11H,3,12-13H2,1-2H3,(H,24,27). The second kappa shape index (κ2) is 9.25. The summed E-state index contributed by atoms with van der Waals surface area (Å²) in [5.74, 6) is -0.120. The van der Waals surface area contributed by atoms with Crippen molar-refractivity contribution in [2.24, 2.45) is 0 Å². The van der Waals surface area contributed by atoms with Gasteiger partial charge >= 0.3 is 6.18 Å². The molecule has 0 aliphatic carbocycles. The molecule has 28 heavy (non-hydrogen) atoms. The van der Waals surface area contributed by atoms with E-state index in [0.29, 0.717) is 23.5 Å². The van der Waals surface area contributed by atoms with Gasteiger partial charge < -0.3 is 15.0 Å². The molecule has 0 aromatic heterocycles. The molecule has 0 bridgehead atoms. The lowest BCUT2D eigenvalue weighted by Crippen LogP contribution is -2.37. The Labute approximate surface area is 161 Å². The van der Waals surface area contributed by atoms with E-state index in [4.69, 9.17) is 4.74 Å². The zero-order valence-electron chi connectivity index (χ0n) is 15.5. The number of halogens is 3. The van der Waals surface area contributed by atoms with Crippen molar-refractivity contribution in [1.82, 2.24) is 10.2 Å². The van der Waals surface area contributed by atoms with E-state index in [2.05, 4.69) is 5.32 Å². The number of amides is 2. The van der Waals surface area contributed by atoms with Gasteiger partial charge in [-0.3, -0.25) is 9.59 Å². The summed E-state index contributed by atoms with van der Waals surface area (Å²) in [6, 6.07) is 11.1. The van der Waals surface area contributed by atoms with Gasteiger partial charge in [0.2, 0.25) is 5.91 Å². The van der Waals surface area contributed by atoms with E-state index in [0.717, 1.165) is 12.1 Å². The first kappa shape index (κ1) is 21.3. The van der Waals surface area contributed by atoms with Gasteiger partial charge in [-0.15, -0.1) is 0 Å². The summed E-state index contributed by atoms with van der Waals surface area (Å²) in [7, 11) is 1.52. The van der Waals surface area contributed by atoms with Gasteiger partial charge in [0.15, 0.2) is 0 Å². The molecule has 0 radical (unpaired) electrons. The summed E-state index contributed by atoms with van der Waals surface area (Å²) >= 11 is 0. The Bertz CT molecular complexity index is 803. The SMILES string of the molecule is CCOc1ccc(C(=O)NCC(=O)N(C)Cc2ccc(C(F)(F)F)cc2)cc1. The van der Waals surface area contributed by atoms with Gasteiger partial charge in [0.05, 0.1) is 18.7 Å². The van der Waals surface area contributed by atoms with Crippen molar-refractivity contribution >= 4 is 11.8 Å². The van der Waals surface area contributed by atoms with E-state index >= 15 is 0 Å². The predicted octanol–water partition coefficient (Wildman–Crippen LogP) is 3.49. The van der Waals surface area contributed by atoms with Crippen LogP contribution in [0.2, 0.25) is 0 Å². The van der Waals surface area contributed by atoms with Crippen LogP contribution in [0.5, 0.6) is 5.75 Å². The maximum atomic E-state index is 12.6. The van der Waals surface area contributed by atoms with E-state index in [-0.39, 0.29) is 19.0 Å². The maximum absolute atomic E-state index is 12.6. The molecule has 0 saturated heterocycles. The zero-order valence-corrected chi connectivity index (χ0v) is 15.5. The molecular weight excluding hydrogens is 373 g/mol. The van der Waals surface area contributed by atoms with Crippen molar-refractivity contribution < 1.29 is 27.5 Å². The summed E-state index contributed by atoms with van der Waals surface area (Å²) in [4.78, 5) is 25.6. The third-order valence-electron chi connectivity index (χ3n) is 3.95. The number of likely N-dealkylation sites (N-methyl/N-ethyl adjacent to an activating group) is 1. The molecule has 5 nitrogen and oxygen atoms in total. The van der Waals surface area contributed by atoms with Crippen molar-refractivity contribution in [1.29, 1.82) is 0 Å². The van der Waals surface area contributed by atoms with Gasteiger partial charge in [-0.2, -0.15) is 13.2 Å². The van der Waals surface area contributed by atoms with Gasteiger partial charge in [0.25, 0.3) is 5.91 Å². The summed E-state index contributed by atoms with van der Waals surface area (Å²) in [5, 5.41) is 2.53. The highest BCUT2D eigenvalue weighted by atomic mass is 19.4. The summed E-state index contributed by atoms with van der Waals surface area (Å²) < 4.78 is 43.0. The third kappa shape index (κ3) is 6.00. The van der Waals surface area contributed by atoms with Crippen LogP contribution in [-0.2, 0) is 17.5 Å². The Balaban J connectivity index is 1.85. The second-order valence-electron chi connectivity index (χ2n) is 6.08. The fraction of sp³-hybridized carbons (Fsp3) is 0.300. The van der Waals surface area contributed by atoms with Crippen LogP contribution in [0.3, 0.4) is 0 Å². The van der Waals surface area contributed by atoms with Gasteiger partial charge in [0.1, 0.15) is 5.75 Å². The number of nitrogens with zero attached hydrogens (tertiary/aromatic N) is 1. The van der Waals surface area contributed by atoms with Crippen molar-refractivity contribution in [2.45, 2.75) is 19.6 Å². The Morgan fingerprint density at radius 1 is 1.04 bits per heavy atom. The van der Waals surface area contributed by atoms with Crippen LogP contribution in [0.15, 0.2) is 48.5 Å². The van der Waals surface area contributed by atoms with Crippen molar-refractivity contribution in [3.63, 3.8) is 0 Å². The number of alkyl halides is 3. The molecule has 0 atom stereocenters. The highest BCUT2D eigenvalue weighted by Crippen LogP contribution is 2.29. The summed E-state index contributed by atoms with van der Waals surface area (Å²) in [6.45, 7) is 2.29. The number of nitrogens with one attached hydrogen (secondary N) is 1. The molecule has 1 N–H and O–H groups in total. The summed E-state index contributed by atoms with van der Waals surface area (Å²) in [6.07, 6.45) is -4.40. The molecule has 150 valence electrons. The average Bonchev–Trinajstić information content (AvgIpc) is 2.66. The van der Waals surface area contributed by atoms with E-state index in [9.17, 15) is 22.8 Å². The first-order valence-corrected chi connectivity index (χ1v) is 8.62. The number of ether oxygens (including phenoxy) is 1. The smallest absolute Gasteiger partial charge is 0.416 e. The average molecular weight is 394 g/mol. The zero-order chi connectivity index (χ0) is 20.7. The lowest BCUT2D eigenvalue weighted by atomic mass is 10.1. The largest absolute Gasteiger partial charge is 0.494 e. The van der Waals surface area contributed by atoms with Crippen molar-refractivity contribution in [3.05, 3.63) is 65.2 Å². The third-order valence-corrected chi connectivity index (χ3v) is 3.95. The predicted molar refractivity (Wildman–Crippen MR) is 97.9 cm³/mol. The highest BCUT2D eigenvalue weighted by Gasteiger charge is 2.30. The minimum Gasteiger partial charge on any atom is -0.494 e. The number of hydrogen-bond acceptors (Lipinski definition) is 3. The van der Waals surface area contributed by atoms with Gasteiger partial charge in [-0.1, -0.05) is 12.1 Å². The lowest BCUT2D eigenvalue weighted by molar-refractivity contribution is -0.137. The molecule has 0 fully saturated rings. The lowest BCUT2D eigenvalue weighted by Gasteiger charge is -2.18. The quantitative estimate of drug-likeness (QED) is 0.782. The van der Waals surface area contributed by atoms with Crippen LogP contribution in [-0.4, -0.2) is 36.9 Å². The first-order chi connectivity index (χ1) is 13.2. The Morgan fingerprint density at radius 2 is 1.64 bits per heavy atom. The Hall–Kier alpha value is -3.03. The molecule has 0 unspecified atom stereocenters. The molecule has 8 heteroatoms. The molecule has 2 aromatic rings. The monoisotopic (exact) mass is 394 g/mol. The normalized spacial score (nSPS) is 11.0. The van der Waals surface area contributed by atoms with Crippen LogP contribution in [0, 0.1) is 0 Å².